The zero-order chi connectivity index (χ0) is 27.1. The van der Waals surface area contributed by atoms with E-state index in [2.05, 4.69) is 9.97 Å². The quantitative estimate of drug-likeness (QED) is 0.384. The lowest BCUT2D eigenvalue weighted by molar-refractivity contribution is 0.0699. The number of carbonyl (C=O) groups is 1. The van der Waals surface area contributed by atoms with Crippen molar-refractivity contribution in [1.82, 2.24) is 14.5 Å². The van der Waals surface area contributed by atoms with E-state index in [4.69, 9.17) is 0 Å². The Hall–Kier alpha value is -2.81. The van der Waals surface area contributed by atoms with E-state index in [9.17, 15) is 22.7 Å². The molecule has 37 heavy (non-hydrogen) atoms. The summed E-state index contributed by atoms with van der Waals surface area (Å²) in [6.45, 7) is 8.73. The van der Waals surface area contributed by atoms with E-state index in [-0.39, 0.29) is 29.1 Å². The van der Waals surface area contributed by atoms with Crippen molar-refractivity contribution in [3.8, 4) is 11.5 Å². The Morgan fingerprint density at radius 3 is 2.32 bits per heavy atom. The second kappa shape index (κ2) is 10.2. The number of aromatic nitrogens is 3. The van der Waals surface area contributed by atoms with Crippen molar-refractivity contribution >= 4 is 26.7 Å². The molecule has 1 saturated carbocycles. The molecule has 0 amide bonds. The van der Waals surface area contributed by atoms with Gasteiger partial charge in [0.2, 0.25) is 0 Å². The van der Waals surface area contributed by atoms with Crippen molar-refractivity contribution in [2.24, 2.45) is 0 Å². The minimum atomic E-state index is -3.35. The maximum atomic E-state index is 14.8. The van der Waals surface area contributed by atoms with E-state index >= 15 is 0 Å². The highest BCUT2D eigenvalue weighted by Crippen LogP contribution is 2.41. The number of carboxylic acid groups (broad SMARTS) is 1. The lowest BCUT2D eigenvalue weighted by atomic mass is 9.95. The van der Waals surface area contributed by atoms with Crippen molar-refractivity contribution in [2.75, 3.05) is 5.75 Å². The number of hydrogen-bond acceptors (Lipinski definition) is 5. The molecule has 4 rings (SSSR count). The summed E-state index contributed by atoms with van der Waals surface area (Å²) in [5.74, 6) is -1.71. The number of rotatable bonds is 7. The molecule has 3 aromatic rings. The Kier molecular flexibility index (Phi) is 7.48. The van der Waals surface area contributed by atoms with Crippen molar-refractivity contribution in [3.05, 3.63) is 47.0 Å². The first-order chi connectivity index (χ1) is 17.4. The standard InChI is InChI=1S/C28H36FN3O4S/c1-6-18-12-23-21(13-22(18)29)24(27(33)34)25(32(23)20-10-8-7-9-11-20)26-30-14-19(15-31-26)17(2)16-37(35,36)28(3,4)5/h12-15,17,20H,6-11,16H2,1-5H3,(H,33,34). The molecule has 7 nitrogen and oxygen atoms in total. The second-order valence-electron chi connectivity index (χ2n) is 11.1. The van der Waals surface area contributed by atoms with E-state index in [0.29, 0.717) is 34.1 Å². The third kappa shape index (κ3) is 5.15. The zero-order valence-corrected chi connectivity index (χ0v) is 23.0. The van der Waals surface area contributed by atoms with Gasteiger partial charge in [-0.05, 0) is 69.2 Å². The number of fused-ring (bicyclic) bond motifs is 1. The number of nitrogens with zero attached hydrogens (tertiary/aromatic N) is 3. The highest BCUT2D eigenvalue weighted by molar-refractivity contribution is 7.92. The van der Waals surface area contributed by atoms with Crippen LogP contribution in [0.2, 0.25) is 0 Å². The predicted octanol–water partition coefficient (Wildman–Crippen LogP) is 6.32. The van der Waals surface area contributed by atoms with Crippen LogP contribution in [0.15, 0.2) is 24.5 Å². The molecule has 200 valence electrons. The Bertz CT molecular complexity index is 1420. The van der Waals surface area contributed by atoms with Crippen molar-refractivity contribution in [2.45, 2.75) is 89.9 Å². The van der Waals surface area contributed by atoms with E-state index in [0.717, 1.165) is 32.1 Å². The molecule has 2 aromatic heterocycles. The van der Waals surface area contributed by atoms with Gasteiger partial charge < -0.3 is 9.67 Å². The zero-order valence-electron chi connectivity index (χ0n) is 22.2. The highest BCUT2D eigenvalue weighted by atomic mass is 32.2. The van der Waals surface area contributed by atoms with Crippen LogP contribution in [0.5, 0.6) is 0 Å². The van der Waals surface area contributed by atoms with Gasteiger partial charge in [0.1, 0.15) is 11.5 Å². The molecular formula is C28H36FN3O4S. The summed E-state index contributed by atoms with van der Waals surface area (Å²) in [6, 6.07) is 3.16. The Labute approximate surface area is 218 Å². The van der Waals surface area contributed by atoms with Crippen molar-refractivity contribution in [3.63, 3.8) is 0 Å². The van der Waals surface area contributed by atoms with Gasteiger partial charge in [-0.2, -0.15) is 0 Å². The van der Waals surface area contributed by atoms with Gasteiger partial charge in [-0.3, -0.25) is 0 Å². The van der Waals surface area contributed by atoms with Crippen LogP contribution in [0.25, 0.3) is 22.4 Å². The fraction of sp³-hybridized carbons (Fsp3) is 0.536. The summed E-state index contributed by atoms with van der Waals surface area (Å²) in [6.07, 6.45) is 8.65. The monoisotopic (exact) mass is 529 g/mol. The number of aromatic carboxylic acids is 1. The molecule has 1 fully saturated rings. The van der Waals surface area contributed by atoms with Crippen molar-refractivity contribution in [1.29, 1.82) is 0 Å². The van der Waals surface area contributed by atoms with Crippen LogP contribution in [0.4, 0.5) is 4.39 Å². The maximum Gasteiger partial charge on any atom is 0.338 e. The number of halogens is 1. The molecule has 1 N–H and O–H groups in total. The number of benzene rings is 1. The molecule has 1 aromatic carbocycles. The van der Waals surface area contributed by atoms with E-state index in [1.54, 1.807) is 39.2 Å². The predicted molar refractivity (Wildman–Crippen MR) is 143 cm³/mol. The Morgan fingerprint density at radius 1 is 1.16 bits per heavy atom. The first-order valence-electron chi connectivity index (χ1n) is 13.0. The summed E-state index contributed by atoms with van der Waals surface area (Å²) in [5, 5.41) is 10.6. The average molecular weight is 530 g/mol. The number of sulfone groups is 1. The fourth-order valence-electron chi connectivity index (χ4n) is 5.19. The lowest BCUT2D eigenvalue weighted by Gasteiger charge is -2.26. The van der Waals surface area contributed by atoms with Crippen LogP contribution in [0, 0.1) is 5.82 Å². The van der Waals surface area contributed by atoms with Crippen LogP contribution >= 0.6 is 0 Å². The first kappa shape index (κ1) is 27.2. The molecule has 1 aliphatic carbocycles. The lowest BCUT2D eigenvalue weighted by Crippen LogP contribution is -2.32. The number of carboxylic acids is 1. The molecule has 0 saturated heterocycles. The van der Waals surface area contributed by atoms with Gasteiger partial charge in [-0.25, -0.2) is 27.6 Å². The van der Waals surface area contributed by atoms with E-state index in [1.807, 2.05) is 18.4 Å². The second-order valence-corrected chi connectivity index (χ2v) is 13.9. The third-order valence-corrected chi connectivity index (χ3v) is 10.4. The van der Waals surface area contributed by atoms with Crippen molar-refractivity contribution < 1.29 is 22.7 Å². The van der Waals surface area contributed by atoms with Gasteiger partial charge in [0.05, 0.1) is 21.6 Å². The fourth-order valence-corrected chi connectivity index (χ4v) is 6.54. The topological polar surface area (TPSA) is 102 Å². The third-order valence-electron chi connectivity index (χ3n) is 7.56. The molecule has 0 spiro atoms. The molecule has 0 aliphatic heterocycles. The van der Waals surface area contributed by atoms with E-state index in [1.165, 1.54) is 6.07 Å². The minimum absolute atomic E-state index is 0.00163. The molecule has 0 bridgehead atoms. The summed E-state index contributed by atoms with van der Waals surface area (Å²) < 4.78 is 41.4. The summed E-state index contributed by atoms with van der Waals surface area (Å²) >= 11 is 0. The van der Waals surface area contributed by atoms with Gasteiger partial charge >= 0.3 is 5.97 Å². The van der Waals surface area contributed by atoms with Gasteiger partial charge in [0, 0.05) is 23.8 Å². The van der Waals surface area contributed by atoms with Crippen LogP contribution in [0.3, 0.4) is 0 Å². The Balaban J connectivity index is 1.86. The normalized spacial score (nSPS) is 16.3. The van der Waals surface area contributed by atoms with Gasteiger partial charge in [-0.15, -0.1) is 0 Å². The SMILES string of the molecule is CCc1cc2c(cc1F)c(C(=O)O)c(-c1ncc(C(C)CS(=O)(=O)C(C)(C)C)cn1)n2C1CCCCC1. The van der Waals surface area contributed by atoms with Crippen LogP contribution in [0.1, 0.15) is 100 Å². The van der Waals surface area contributed by atoms with Crippen LogP contribution < -0.4 is 0 Å². The molecule has 9 heteroatoms. The molecule has 2 heterocycles. The summed E-state index contributed by atoms with van der Waals surface area (Å²) in [4.78, 5) is 21.6. The van der Waals surface area contributed by atoms with Gasteiger partial charge in [-0.1, -0.05) is 33.1 Å². The van der Waals surface area contributed by atoms with Gasteiger partial charge in [0.15, 0.2) is 15.7 Å². The van der Waals surface area contributed by atoms with Gasteiger partial charge in [0.25, 0.3) is 0 Å². The molecule has 0 radical (unpaired) electrons. The summed E-state index contributed by atoms with van der Waals surface area (Å²) in [7, 11) is -3.35. The van der Waals surface area contributed by atoms with Crippen LogP contribution in [-0.2, 0) is 16.3 Å². The Morgan fingerprint density at radius 2 is 1.78 bits per heavy atom. The molecular weight excluding hydrogens is 493 g/mol. The summed E-state index contributed by atoms with van der Waals surface area (Å²) in [5.41, 5.74) is 2.26. The maximum absolute atomic E-state index is 14.8. The smallest absolute Gasteiger partial charge is 0.338 e. The average Bonchev–Trinajstić information content (AvgIpc) is 3.17. The van der Waals surface area contributed by atoms with E-state index < -0.39 is 26.4 Å². The molecule has 1 unspecified atom stereocenters. The molecule has 1 atom stereocenters. The number of hydrogen-bond donors (Lipinski definition) is 1. The number of aryl methyl sites for hydroxylation is 1. The minimum Gasteiger partial charge on any atom is -0.478 e. The first-order valence-corrected chi connectivity index (χ1v) is 14.6. The molecule has 1 aliphatic rings. The van der Waals surface area contributed by atoms with Crippen LogP contribution in [-0.4, -0.2) is 44.5 Å². The highest BCUT2D eigenvalue weighted by Gasteiger charge is 2.32. The largest absolute Gasteiger partial charge is 0.478 e.